The lowest BCUT2D eigenvalue weighted by atomic mass is 10.0. The van der Waals surface area contributed by atoms with Crippen LogP contribution in [0.1, 0.15) is 36.8 Å². The summed E-state index contributed by atoms with van der Waals surface area (Å²) in [6.07, 6.45) is 3.40. The maximum absolute atomic E-state index is 13.7. The van der Waals surface area contributed by atoms with Crippen LogP contribution in [0, 0.1) is 0 Å². The fourth-order valence-electron chi connectivity index (χ4n) is 4.20. The van der Waals surface area contributed by atoms with E-state index in [-0.39, 0.29) is 17.1 Å². The third kappa shape index (κ3) is 3.38. The van der Waals surface area contributed by atoms with Gasteiger partial charge in [-0.05, 0) is 36.8 Å². The highest BCUT2D eigenvalue weighted by Crippen LogP contribution is 2.35. The first-order chi connectivity index (χ1) is 16.3. The van der Waals surface area contributed by atoms with Gasteiger partial charge in [0.25, 0.3) is 11.5 Å². The van der Waals surface area contributed by atoms with Gasteiger partial charge in [-0.1, -0.05) is 23.7 Å². The van der Waals surface area contributed by atoms with Gasteiger partial charge in [-0.3, -0.25) is 18.7 Å². The van der Waals surface area contributed by atoms with Crippen molar-refractivity contribution in [2.24, 2.45) is 19.2 Å². The van der Waals surface area contributed by atoms with Crippen molar-refractivity contribution in [3.05, 3.63) is 86.2 Å². The molecule has 0 aliphatic carbocycles. The average molecular weight is 481 g/mol. The number of halogens is 1. The van der Waals surface area contributed by atoms with Crippen LogP contribution in [0.2, 0.25) is 5.02 Å². The molecule has 10 nitrogen and oxygen atoms in total. The van der Waals surface area contributed by atoms with E-state index in [2.05, 4.69) is 10.1 Å². The Bertz CT molecular complexity index is 1550. The Balaban J connectivity index is 1.57. The number of amides is 1. The monoisotopic (exact) mass is 480 g/mol. The molecule has 0 radical (unpaired) electrons. The van der Waals surface area contributed by atoms with Gasteiger partial charge in [0.1, 0.15) is 17.8 Å². The van der Waals surface area contributed by atoms with E-state index >= 15 is 0 Å². The molecule has 2 unspecified atom stereocenters. The molecule has 1 aromatic carbocycles. The normalized spacial score (nSPS) is 16.8. The highest BCUT2D eigenvalue weighted by molar-refractivity contribution is 6.30. The smallest absolute Gasteiger partial charge is 0.332 e. The van der Waals surface area contributed by atoms with Crippen molar-refractivity contribution in [3.63, 3.8) is 0 Å². The number of carbonyl (C=O) groups is 1. The van der Waals surface area contributed by atoms with Gasteiger partial charge in [-0.15, -0.1) is 0 Å². The van der Waals surface area contributed by atoms with Crippen LogP contribution in [-0.2, 0) is 18.9 Å². The van der Waals surface area contributed by atoms with Crippen LogP contribution in [0.5, 0.6) is 0 Å². The minimum Gasteiger partial charge on any atom is -0.467 e. The van der Waals surface area contributed by atoms with Gasteiger partial charge in [0, 0.05) is 25.5 Å². The summed E-state index contributed by atoms with van der Waals surface area (Å²) in [6.45, 7) is 1.67. The lowest BCUT2D eigenvalue weighted by Gasteiger charge is -2.24. The van der Waals surface area contributed by atoms with Gasteiger partial charge in [0.15, 0.2) is 11.2 Å². The second-order valence-electron chi connectivity index (χ2n) is 8.18. The fourth-order valence-corrected chi connectivity index (χ4v) is 4.33. The maximum atomic E-state index is 13.7. The zero-order valence-electron chi connectivity index (χ0n) is 18.7. The van der Waals surface area contributed by atoms with Crippen LogP contribution < -0.4 is 11.2 Å². The number of aryl methyl sites for hydroxylation is 1. The van der Waals surface area contributed by atoms with E-state index in [1.165, 1.54) is 34.6 Å². The topological polar surface area (TPSA) is 108 Å². The summed E-state index contributed by atoms with van der Waals surface area (Å²) in [7, 11) is 2.92. The molecule has 0 N–H and O–H groups in total. The first-order valence-corrected chi connectivity index (χ1v) is 11.0. The molecule has 0 spiro atoms. The Hall–Kier alpha value is -3.92. The summed E-state index contributed by atoms with van der Waals surface area (Å²) < 4.78 is 9.36. The maximum Gasteiger partial charge on any atom is 0.332 e. The van der Waals surface area contributed by atoms with E-state index < -0.39 is 23.3 Å². The molecule has 2 atom stereocenters. The first-order valence-electron chi connectivity index (χ1n) is 10.6. The number of hydrazone groups is 1. The van der Waals surface area contributed by atoms with Gasteiger partial charge in [-0.2, -0.15) is 5.10 Å². The number of carbonyl (C=O) groups excluding carboxylic acids is 1. The molecule has 4 aromatic rings. The molecule has 3 aromatic heterocycles. The number of fused-ring (bicyclic) bond motifs is 1. The van der Waals surface area contributed by atoms with Crippen molar-refractivity contribution in [2.45, 2.75) is 25.4 Å². The summed E-state index contributed by atoms with van der Waals surface area (Å²) >= 11 is 6.02. The molecule has 1 aliphatic heterocycles. The van der Waals surface area contributed by atoms with Gasteiger partial charge in [-0.25, -0.2) is 14.8 Å². The molecule has 1 aliphatic rings. The molecule has 0 fully saturated rings. The van der Waals surface area contributed by atoms with Crippen molar-refractivity contribution in [2.75, 3.05) is 0 Å². The Morgan fingerprint density at radius 2 is 1.88 bits per heavy atom. The van der Waals surface area contributed by atoms with Gasteiger partial charge in [0.05, 0.1) is 18.3 Å². The van der Waals surface area contributed by atoms with E-state index in [1.54, 1.807) is 37.5 Å². The highest BCUT2D eigenvalue weighted by atomic mass is 35.5. The number of hydrogen-bond donors (Lipinski definition) is 0. The number of benzene rings is 1. The molecule has 0 bridgehead atoms. The van der Waals surface area contributed by atoms with Crippen molar-refractivity contribution in [3.8, 4) is 0 Å². The zero-order valence-corrected chi connectivity index (χ0v) is 19.4. The Morgan fingerprint density at radius 1 is 1.15 bits per heavy atom. The lowest BCUT2D eigenvalue weighted by molar-refractivity contribution is -0.136. The molecule has 174 valence electrons. The second-order valence-corrected chi connectivity index (χ2v) is 8.61. The number of hydrogen-bond acceptors (Lipinski definition) is 6. The Morgan fingerprint density at radius 3 is 2.56 bits per heavy atom. The third-order valence-electron chi connectivity index (χ3n) is 6.13. The standard InChI is InChI=1S/C23H21ClN6O4/c1-13(29-12-25-20-19(29)22(32)28(3)23(33)27(20)2)21(31)30-17(18-5-4-10-34-18)11-16(26-30)14-6-8-15(24)9-7-14/h4-10,12-13,17H,11H2,1-3H3. The minimum atomic E-state index is -0.819. The summed E-state index contributed by atoms with van der Waals surface area (Å²) in [4.78, 5) is 43.0. The quantitative estimate of drug-likeness (QED) is 0.446. The predicted molar refractivity (Wildman–Crippen MR) is 126 cm³/mol. The molecule has 0 saturated carbocycles. The van der Waals surface area contributed by atoms with Crippen LogP contribution in [0.25, 0.3) is 11.2 Å². The molecule has 4 heterocycles. The molecule has 11 heteroatoms. The van der Waals surface area contributed by atoms with Crippen LogP contribution >= 0.6 is 11.6 Å². The molecule has 34 heavy (non-hydrogen) atoms. The summed E-state index contributed by atoms with van der Waals surface area (Å²) in [5, 5.41) is 6.63. The third-order valence-corrected chi connectivity index (χ3v) is 6.39. The van der Waals surface area contributed by atoms with Crippen LogP contribution in [0.4, 0.5) is 0 Å². The van der Waals surface area contributed by atoms with E-state index in [0.29, 0.717) is 22.9 Å². The van der Waals surface area contributed by atoms with E-state index in [1.807, 2.05) is 12.1 Å². The molecular weight excluding hydrogens is 460 g/mol. The zero-order chi connectivity index (χ0) is 24.1. The number of nitrogens with zero attached hydrogens (tertiary/aromatic N) is 6. The minimum absolute atomic E-state index is 0.168. The average Bonchev–Trinajstić information content (AvgIpc) is 3.59. The molecule has 1 amide bonds. The Kier molecular flexibility index (Phi) is 5.24. The molecule has 5 rings (SSSR count). The van der Waals surface area contributed by atoms with Crippen LogP contribution in [-0.4, -0.2) is 35.3 Å². The van der Waals surface area contributed by atoms with Gasteiger partial charge >= 0.3 is 5.69 Å². The van der Waals surface area contributed by atoms with Gasteiger partial charge < -0.3 is 8.98 Å². The highest BCUT2D eigenvalue weighted by Gasteiger charge is 2.37. The Labute approximate surface area is 198 Å². The van der Waals surface area contributed by atoms with E-state index in [0.717, 1.165) is 10.1 Å². The number of rotatable bonds is 4. The van der Waals surface area contributed by atoms with E-state index in [4.69, 9.17) is 16.0 Å². The largest absolute Gasteiger partial charge is 0.467 e. The number of aromatic nitrogens is 4. The molecular formula is C23H21ClN6O4. The SMILES string of the molecule is CC(C(=O)N1N=C(c2ccc(Cl)cc2)CC1c1ccco1)n1cnc2c1c(=O)n(C)c(=O)n2C. The number of furan rings is 1. The summed E-state index contributed by atoms with van der Waals surface area (Å²) in [5.74, 6) is 0.252. The fraction of sp³-hybridized carbons (Fsp3) is 0.261. The van der Waals surface area contributed by atoms with Gasteiger partial charge in [0.2, 0.25) is 0 Å². The predicted octanol–water partition coefficient (Wildman–Crippen LogP) is 2.62. The van der Waals surface area contributed by atoms with Crippen molar-refractivity contribution < 1.29 is 9.21 Å². The van der Waals surface area contributed by atoms with Crippen LogP contribution in [0.15, 0.2) is 68.1 Å². The molecule has 0 saturated heterocycles. The summed E-state index contributed by atoms with van der Waals surface area (Å²) in [5.41, 5.74) is 0.928. The second kappa shape index (κ2) is 8.14. The van der Waals surface area contributed by atoms with Crippen molar-refractivity contribution >= 4 is 34.4 Å². The van der Waals surface area contributed by atoms with Crippen molar-refractivity contribution in [1.29, 1.82) is 0 Å². The first kappa shape index (κ1) is 21.9. The lowest BCUT2D eigenvalue weighted by Crippen LogP contribution is -2.39. The number of imidazole rings is 1. The summed E-state index contributed by atoms with van der Waals surface area (Å²) in [6, 6.07) is 9.54. The van der Waals surface area contributed by atoms with E-state index in [9.17, 15) is 14.4 Å². The van der Waals surface area contributed by atoms with Crippen molar-refractivity contribution in [1.82, 2.24) is 23.7 Å². The van der Waals surface area contributed by atoms with Crippen LogP contribution in [0.3, 0.4) is 0 Å².